The molecule has 0 unspecified atom stereocenters. The van der Waals surface area contributed by atoms with Gasteiger partial charge in [-0.1, -0.05) is 30.3 Å². The van der Waals surface area contributed by atoms with Gasteiger partial charge in [0, 0.05) is 12.1 Å². The van der Waals surface area contributed by atoms with E-state index in [2.05, 4.69) is 5.32 Å². The SMILES string of the molecule is COc1ccc(C(=O)NCC(=O)N2C[C@@H](C)O[C@H](c3ccccc3)C2)cc1. The first-order valence-electron chi connectivity index (χ1n) is 8.97. The molecular formula is C21H24N2O4. The van der Waals surface area contributed by atoms with Crippen molar-refractivity contribution in [3.63, 3.8) is 0 Å². The summed E-state index contributed by atoms with van der Waals surface area (Å²) in [5.74, 6) is 0.275. The molecule has 0 aliphatic carbocycles. The zero-order valence-electron chi connectivity index (χ0n) is 15.6. The van der Waals surface area contributed by atoms with E-state index in [9.17, 15) is 9.59 Å². The maximum absolute atomic E-state index is 12.6. The van der Waals surface area contributed by atoms with Gasteiger partial charge in [0.05, 0.1) is 26.3 Å². The molecule has 1 fully saturated rings. The molecule has 0 radical (unpaired) electrons. The first-order valence-corrected chi connectivity index (χ1v) is 8.97. The molecule has 1 aliphatic heterocycles. The lowest BCUT2D eigenvalue weighted by Gasteiger charge is -2.37. The van der Waals surface area contributed by atoms with Crippen LogP contribution in [0.5, 0.6) is 5.75 Å². The summed E-state index contributed by atoms with van der Waals surface area (Å²) in [6.07, 6.45) is -0.221. The molecular weight excluding hydrogens is 344 g/mol. The summed E-state index contributed by atoms with van der Waals surface area (Å²) in [7, 11) is 1.57. The van der Waals surface area contributed by atoms with Crippen molar-refractivity contribution >= 4 is 11.8 Å². The van der Waals surface area contributed by atoms with Gasteiger partial charge in [-0.25, -0.2) is 0 Å². The Balaban J connectivity index is 1.57. The highest BCUT2D eigenvalue weighted by Gasteiger charge is 2.29. The number of rotatable bonds is 5. The molecule has 0 aromatic heterocycles. The van der Waals surface area contributed by atoms with Crippen molar-refractivity contribution in [2.75, 3.05) is 26.7 Å². The molecule has 6 nitrogen and oxygen atoms in total. The van der Waals surface area contributed by atoms with Gasteiger partial charge in [0.15, 0.2) is 0 Å². The molecule has 0 bridgehead atoms. The van der Waals surface area contributed by atoms with Crippen LogP contribution in [-0.2, 0) is 9.53 Å². The largest absolute Gasteiger partial charge is 0.497 e. The number of ether oxygens (including phenoxy) is 2. The molecule has 2 aromatic rings. The first kappa shape index (κ1) is 18.9. The third-order valence-electron chi connectivity index (χ3n) is 4.54. The molecule has 0 spiro atoms. The Morgan fingerprint density at radius 3 is 2.48 bits per heavy atom. The van der Waals surface area contributed by atoms with Crippen molar-refractivity contribution < 1.29 is 19.1 Å². The maximum atomic E-state index is 12.6. The van der Waals surface area contributed by atoms with Gasteiger partial charge in [-0.15, -0.1) is 0 Å². The number of methoxy groups -OCH3 is 1. The molecule has 1 aliphatic rings. The summed E-state index contributed by atoms with van der Waals surface area (Å²) in [5, 5.41) is 2.69. The summed E-state index contributed by atoms with van der Waals surface area (Å²) in [4.78, 5) is 26.6. The van der Waals surface area contributed by atoms with Crippen molar-refractivity contribution in [1.82, 2.24) is 10.2 Å². The number of hydrogen-bond acceptors (Lipinski definition) is 4. The quantitative estimate of drug-likeness (QED) is 0.880. The number of benzene rings is 2. The standard InChI is InChI=1S/C21H24N2O4/c1-15-13-23(14-19(27-15)16-6-4-3-5-7-16)20(24)12-22-21(25)17-8-10-18(26-2)11-9-17/h3-11,15,19H,12-14H2,1-2H3,(H,22,25)/t15-,19+/m1/s1. The van der Waals surface area contributed by atoms with E-state index in [1.54, 1.807) is 36.3 Å². The second kappa shape index (κ2) is 8.68. The topological polar surface area (TPSA) is 67.9 Å². The van der Waals surface area contributed by atoms with Crippen molar-refractivity contribution in [1.29, 1.82) is 0 Å². The lowest BCUT2D eigenvalue weighted by Crippen LogP contribution is -2.49. The summed E-state index contributed by atoms with van der Waals surface area (Å²) in [6, 6.07) is 16.6. The number of morpholine rings is 1. The van der Waals surface area contributed by atoms with E-state index in [0.717, 1.165) is 5.56 Å². The Morgan fingerprint density at radius 2 is 1.81 bits per heavy atom. The number of carbonyl (C=O) groups is 2. The predicted octanol–water partition coefficient (Wildman–Crippen LogP) is 2.41. The lowest BCUT2D eigenvalue weighted by atomic mass is 10.1. The summed E-state index contributed by atoms with van der Waals surface area (Å²) < 4.78 is 11.1. The molecule has 2 atom stereocenters. The Hall–Kier alpha value is -2.86. The van der Waals surface area contributed by atoms with E-state index < -0.39 is 0 Å². The van der Waals surface area contributed by atoms with Gasteiger partial charge in [0.25, 0.3) is 5.91 Å². The normalized spacial score (nSPS) is 19.4. The Bertz CT molecular complexity index is 777. The first-order chi connectivity index (χ1) is 13.1. The van der Waals surface area contributed by atoms with Gasteiger partial charge in [0.1, 0.15) is 11.9 Å². The van der Waals surface area contributed by atoms with Crippen LogP contribution in [0.2, 0.25) is 0 Å². The van der Waals surface area contributed by atoms with Crippen LogP contribution in [0.1, 0.15) is 28.9 Å². The van der Waals surface area contributed by atoms with Crippen LogP contribution in [0.15, 0.2) is 54.6 Å². The number of nitrogens with zero attached hydrogens (tertiary/aromatic N) is 1. The Morgan fingerprint density at radius 1 is 1.11 bits per heavy atom. The fourth-order valence-electron chi connectivity index (χ4n) is 3.12. The summed E-state index contributed by atoms with van der Waals surface area (Å²) >= 11 is 0. The second-order valence-corrected chi connectivity index (χ2v) is 6.56. The van der Waals surface area contributed by atoms with Gasteiger partial charge in [0.2, 0.25) is 5.91 Å². The van der Waals surface area contributed by atoms with E-state index in [4.69, 9.17) is 9.47 Å². The molecule has 3 rings (SSSR count). The van der Waals surface area contributed by atoms with Crippen molar-refractivity contribution in [2.24, 2.45) is 0 Å². The van der Waals surface area contributed by atoms with E-state index in [1.165, 1.54) is 0 Å². The average Bonchev–Trinajstić information content (AvgIpc) is 2.72. The highest BCUT2D eigenvalue weighted by atomic mass is 16.5. The molecule has 2 aromatic carbocycles. The zero-order chi connectivity index (χ0) is 19.2. The summed E-state index contributed by atoms with van der Waals surface area (Å²) in [5.41, 5.74) is 1.53. The number of nitrogens with one attached hydrogen (secondary N) is 1. The van der Waals surface area contributed by atoms with Crippen molar-refractivity contribution in [2.45, 2.75) is 19.1 Å². The van der Waals surface area contributed by atoms with Crippen LogP contribution in [0.25, 0.3) is 0 Å². The van der Waals surface area contributed by atoms with E-state index in [1.807, 2.05) is 37.3 Å². The number of hydrogen-bond donors (Lipinski definition) is 1. The third kappa shape index (κ3) is 4.86. The van der Waals surface area contributed by atoms with Gasteiger partial charge in [-0.2, -0.15) is 0 Å². The molecule has 1 saturated heterocycles. The number of amides is 2. The molecule has 0 saturated carbocycles. The van der Waals surface area contributed by atoms with Crippen LogP contribution < -0.4 is 10.1 Å². The van der Waals surface area contributed by atoms with Crippen LogP contribution in [-0.4, -0.2) is 49.6 Å². The Kier molecular flexibility index (Phi) is 6.08. The van der Waals surface area contributed by atoms with Gasteiger partial charge in [-0.3, -0.25) is 9.59 Å². The minimum absolute atomic E-state index is 0.0426. The minimum atomic E-state index is -0.285. The van der Waals surface area contributed by atoms with Crippen molar-refractivity contribution in [3.8, 4) is 5.75 Å². The molecule has 2 amide bonds. The molecule has 6 heteroatoms. The molecule has 27 heavy (non-hydrogen) atoms. The van der Waals surface area contributed by atoms with Gasteiger partial charge in [-0.05, 0) is 36.8 Å². The predicted molar refractivity (Wildman–Crippen MR) is 102 cm³/mol. The third-order valence-corrected chi connectivity index (χ3v) is 4.54. The van der Waals surface area contributed by atoms with Gasteiger partial charge >= 0.3 is 0 Å². The fraction of sp³-hybridized carbons (Fsp3) is 0.333. The second-order valence-electron chi connectivity index (χ2n) is 6.56. The van der Waals surface area contributed by atoms with Gasteiger partial charge < -0.3 is 19.7 Å². The van der Waals surface area contributed by atoms with E-state index in [0.29, 0.717) is 24.4 Å². The Labute approximate surface area is 159 Å². The lowest BCUT2D eigenvalue weighted by molar-refractivity contribution is -0.143. The fourth-order valence-corrected chi connectivity index (χ4v) is 3.12. The highest BCUT2D eigenvalue weighted by Crippen LogP contribution is 2.25. The van der Waals surface area contributed by atoms with Crippen LogP contribution in [0, 0.1) is 0 Å². The highest BCUT2D eigenvalue weighted by molar-refractivity contribution is 5.96. The maximum Gasteiger partial charge on any atom is 0.251 e. The van der Waals surface area contributed by atoms with E-state index >= 15 is 0 Å². The molecule has 1 N–H and O–H groups in total. The smallest absolute Gasteiger partial charge is 0.251 e. The zero-order valence-corrected chi connectivity index (χ0v) is 15.6. The van der Waals surface area contributed by atoms with E-state index in [-0.39, 0.29) is 30.6 Å². The minimum Gasteiger partial charge on any atom is -0.497 e. The molecule has 1 heterocycles. The average molecular weight is 368 g/mol. The molecule has 142 valence electrons. The van der Waals surface area contributed by atoms with Crippen LogP contribution in [0.4, 0.5) is 0 Å². The van der Waals surface area contributed by atoms with Crippen molar-refractivity contribution in [3.05, 3.63) is 65.7 Å². The number of carbonyl (C=O) groups excluding carboxylic acids is 2. The van der Waals surface area contributed by atoms with Crippen LogP contribution in [0.3, 0.4) is 0 Å². The summed E-state index contributed by atoms with van der Waals surface area (Å²) in [6.45, 7) is 2.90. The van der Waals surface area contributed by atoms with Crippen LogP contribution >= 0.6 is 0 Å². The monoisotopic (exact) mass is 368 g/mol.